The monoisotopic (exact) mass is 1740 g/mol. The first-order valence-electron chi connectivity index (χ1n) is 44.1. The molecule has 0 bridgehead atoms. The van der Waals surface area contributed by atoms with Crippen LogP contribution in [0.5, 0.6) is 0 Å². The first-order chi connectivity index (χ1) is 57.7. The molecular formula is C84H155N10O25P. The highest BCUT2D eigenvalue weighted by molar-refractivity contribution is 7.44. The zero-order valence-corrected chi connectivity index (χ0v) is 76.2. The molecule has 3 saturated heterocycles. The number of hydrogen-bond donors (Lipinski definition) is 8. The van der Waals surface area contributed by atoms with E-state index >= 15 is 0 Å². The highest BCUT2D eigenvalue weighted by atomic mass is 31.2. The molecule has 0 saturated carbocycles. The molecule has 3 fully saturated rings. The lowest BCUT2D eigenvalue weighted by molar-refractivity contribution is -0.239. The summed E-state index contributed by atoms with van der Waals surface area (Å²) in [6, 6.07) is -0.508. The molecule has 36 heteroatoms. The van der Waals surface area contributed by atoms with Crippen molar-refractivity contribution >= 4 is 55.8 Å². The van der Waals surface area contributed by atoms with Gasteiger partial charge in [0.2, 0.25) is 47.3 Å². The van der Waals surface area contributed by atoms with Crippen molar-refractivity contribution in [2.24, 2.45) is 35.5 Å². The number of unbranched alkanes of at least 4 members (excludes halogenated alkanes) is 5. The van der Waals surface area contributed by atoms with Crippen LogP contribution in [0.15, 0.2) is 0 Å². The molecule has 18 atom stereocenters. The van der Waals surface area contributed by atoms with Gasteiger partial charge in [0.25, 0.3) is 8.53 Å². The van der Waals surface area contributed by atoms with Crippen LogP contribution >= 0.6 is 8.53 Å². The van der Waals surface area contributed by atoms with Crippen molar-refractivity contribution in [1.82, 2.24) is 47.2 Å². The molecule has 3 rings (SSSR count). The molecule has 3 aliphatic heterocycles. The van der Waals surface area contributed by atoms with Gasteiger partial charge in [0, 0.05) is 52.5 Å². The van der Waals surface area contributed by atoms with Gasteiger partial charge in [-0.3, -0.25) is 38.4 Å². The minimum absolute atomic E-state index is 0.000992. The summed E-state index contributed by atoms with van der Waals surface area (Å²) in [5.74, 6) is -1.52. The van der Waals surface area contributed by atoms with Gasteiger partial charge in [0.15, 0.2) is 18.9 Å². The fourth-order valence-corrected chi connectivity index (χ4v) is 16.1. The Morgan fingerprint density at radius 3 is 1.04 bits per heavy atom. The van der Waals surface area contributed by atoms with Gasteiger partial charge >= 0.3 is 0 Å². The Morgan fingerprint density at radius 2 is 0.692 bits per heavy atom. The minimum atomic E-state index is -1.37. The number of nitrogens with zero attached hydrogens (tertiary/aromatic N) is 2. The molecule has 1 unspecified atom stereocenters. The zero-order valence-electron chi connectivity index (χ0n) is 75.3. The Hall–Kier alpha value is -5.04. The number of nitrogens with one attached hydrogen (secondary N) is 8. The highest BCUT2D eigenvalue weighted by Crippen LogP contribution is 2.46. The third-order valence-electron chi connectivity index (χ3n) is 21.5. The van der Waals surface area contributed by atoms with Crippen LogP contribution in [0.3, 0.4) is 0 Å². The van der Waals surface area contributed by atoms with E-state index in [1.165, 1.54) is 20.8 Å². The van der Waals surface area contributed by atoms with E-state index in [2.05, 4.69) is 143 Å². The van der Waals surface area contributed by atoms with Crippen molar-refractivity contribution in [3.05, 3.63) is 0 Å². The van der Waals surface area contributed by atoms with Crippen LogP contribution in [0.2, 0.25) is 0 Å². The van der Waals surface area contributed by atoms with Gasteiger partial charge in [-0.1, -0.05) is 75.2 Å². The van der Waals surface area contributed by atoms with E-state index in [1.54, 1.807) is 0 Å². The molecule has 3 aliphatic rings. The van der Waals surface area contributed by atoms with Crippen LogP contribution in [-0.2, 0) is 118 Å². The Kier molecular flexibility index (Phi) is 60.4. The first-order valence-corrected chi connectivity index (χ1v) is 45.3. The predicted octanol–water partition coefficient (Wildman–Crippen LogP) is 6.43. The summed E-state index contributed by atoms with van der Waals surface area (Å²) < 4.78 is 102. The van der Waals surface area contributed by atoms with Crippen molar-refractivity contribution in [2.45, 2.75) is 280 Å². The maximum absolute atomic E-state index is 14.5. The molecule has 0 aromatic heterocycles. The van der Waals surface area contributed by atoms with Crippen LogP contribution in [0, 0.1) is 46.8 Å². The molecule has 120 heavy (non-hydrogen) atoms. The van der Waals surface area contributed by atoms with Gasteiger partial charge in [-0.25, -0.2) is 4.67 Å². The standard InChI is InChI=1S/C84H155N10O25P/c1-17-71-60(8)63(11)77(89-66(14)95)82(117-71)112-52-49-106-40-37-103-43-46-109-55-74(98)86-32-25-22-29-69(80(101)88-34-24-20-21-27-35-115-120(116-36-28-31-85)94(58(4)5)59(6)7)93-81(102)70(92-76(100)57-111-48-45-105-39-42-108-51-54-114-84-79(91-68(16)97)65(13)62(10)73(19-3)119-84)30-23-26-33-87-75(99)56-110-47-44-104-38-41-107-50-53-113-83-78(90-67(15)96)64(12)61(9)72(18-2)118-83/h58-65,69-73,77-79,82-84H,17-30,32-57H2,1-16H3,(H,86,98)(H,87,99)(H,88,101)(H,89,95)(H,90,96)(H,91,97)(H,92,100)(H,93,102)/t60-,61-,62-,63+,64+,65+,69-,70+,71-,72-,73-,77-,78-,79-,82-,83-,84-,120?/m1/s1. The van der Waals surface area contributed by atoms with Gasteiger partial charge in [0.1, 0.15) is 31.9 Å². The Labute approximate surface area is 717 Å². The number of hydrogen-bond acceptors (Lipinski definition) is 27. The first kappa shape index (κ1) is 109. The number of ether oxygens (including phenoxy) is 15. The molecular weight excluding hydrogens is 1580 g/mol. The maximum atomic E-state index is 14.5. The van der Waals surface area contributed by atoms with E-state index in [0.717, 1.165) is 38.5 Å². The van der Waals surface area contributed by atoms with Crippen LogP contribution in [0.1, 0.15) is 201 Å². The Morgan fingerprint density at radius 1 is 0.375 bits per heavy atom. The van der Waals surface area contributed by atoms with E-state index in [4.69, 9.17) is 85.4 Å². The normalized spacial score (nSPS) is 23.8. The van der Waals surface area contributed by atoms with Crippen molar-refractivity contribution in [3.8, 4) is 6.07 Å². The topological polar surface area (TPSA) is 417 Å². The zero-order chi connectivity index (χ0) is 88.4. The largest absolute Gasteiger partial charge is 0.377 e. The van der Waals surface area contributed by atoms with Gasteiger partial charge in [-0.2, -0.15) is 5.26 Å². The fraction of sp³-hybridized carbons (Fsp3) is 0.893. The van der Waals surface area contributed by atoms with Crippen LogP contribution in [0.4, 0.5) is 0 Å². The minimum Gasteiger partial charge on any atom is -0.377 e. The second-order valence-electron chi connectivity index (χ2n) is 31.6. The van der Waals surface area contributed by atoms with Crippen LogP contribution in [-0.4, -0.2) is 303 Å². The van der Waals surface area contributed by atoms with E-state index in [0.29, 0.717) is 84.9 Å². The maximum Gasteiger partial charge on any atom is 0.259 e. The summed E-state index contributed by atoms with van der Waals surface area (Å²) in [4.78, 5) is 104. The third kappa shape index (κ3) is 46.3. The molecule has 8 N–H and O–H groups in total. The molecule has 696 valence electrons. The number of carbonyl (C=O) groups is 8. The molecule has 8 amide bonds. The van der Waals surface area contributed by atoms with E-state index < -0.39 is 63.8 Å². The van der Waals surface area contributed by atoms with E-state index in [9.17, 15) is 38.4 Å². The van der Waals surface area contributed by atoms with E-state index in [1.807, 2.05) is 0 Å². The molecule has 0 aromatic rings. The third-order valence-corrected chi connectivity index (χ3v) is 23.6. The van der Waals surface area contributed by atoms with Gasteiger partial charge in [-0.15, -0.1) is 0 Å². The SMILES string of the molecule is CC[C@H]1O[C@@H](OCCOCCOCCOCC(=O)NCCCC[C@H](NC(=O)COCCOCCOCCO[C@@H]2O[C@H](CC)[C@H](C)[C@H](C)[C@H]2NC(C)=O)C(=O)N[C@H](CCCCNC(=O)COCCOCCOCCO[C@@H]2O[C@H](CC)[C@H](C)[C@H](C)[C@H]2NC(C)=O)C(=O)NCCCCCCOP(OCCC#N)N(C(C)C)C(C)C)[C@H](NC(C)=O)[C@@H](C)[C@H]1C. The van der Waals surface area contributed by atoms with E-state index in [-0.39, 0.29) is 245 Å². The summed E-state index contributed by atoms with van der Waals surface area (Å²) in [6.07, 6.45) is 6.02. The molecule has 35 nitrogen and oxygen atoms in total. The van der Waals surface area contributed by atoms with Gasteiger partial charge in [-0.05, 0) is 134 Å². The molecule has 3 heterocycles. The summed E-state index contributed by atoms with van der Waals surface area (Å²) in [5, 5.41) is 32.5. The molecule has 0 aliphatic carbocycles. The molecule has 0 aromatic carbocycles. The van der Waals surface area contributed by atoms with Crippen molar-refractivity contribution < 1.29 is 118 Å². The number of nitriles is 1. The Balaban J connectivity index is 1.56. The van der Waals surface area contributed by atoms with Gasteiger partial charge in [0.05, 0.1) is 181 Å². The van der Waals surface area contributed by atoms with Crippen molar-refractivity contribution in [2.75, 3.05) is 172 Å². The number of amides is 8. The van der Waals surface area contributed by atoms with Crippen molar-refractivity contribution in [1.29, 1.82) is 5.26 Å². The summed E-state index contributed by atoms with van der Waals surface area (Å²) in [5.41, 5.74) is 0. The molecule has 0 radical (unpaired) electrons. The highest BCUT2D eigenvalue weighted by Gasteiger charge is 2.45. The summed E-state index contributed by atoms with van der Waals surface area (Å²) >= 11 is 0. The lowest BCUT2D eigenvalue weighted by Crippen LogP contribution is -2.57. The second kappa shape index (κ2) is 66.4. The van der Waals surface area contributed by atoms with Gasteiger partial charge < -0.3 is 123 Å². The van der Waals surface area contributed by atoms with Crippen LogP contribution < -0.4 is 42.5 Å². The summed E-state index contributed by atoms with van der Waals surface area (Å²) in [6.45, 7) is 36.7. The van der Waals surface area contributed by atoms with Crippen LogP contribution in [0.25, 0.3) is 0 Å². The lowest BCUT2D eigenvalue weighted by Gasteiger charge is -2.44. The smallest absolute Gasteiger partial charge is 0.259 e. The Bertz CT molecular complexity index is 2820. The lowest BCUT2D eigenvalue weighted by atomic mass is 9.81. The molecule has 0 spiro atoms. The predicted molar refractivity (Wildman–Crippen MR) is 450 cm³/mol. The quantitative estimate of drug-likeness (QED) is 0.0240. The fourth-order valence-electron chi connectivity index (χ4n) is 14.4. The average Bonchev–Trinajstić information content (AvgIpc) is 0.819. The van der Waals surface area contributed by atoms with Crippen molar-refractivity contribution in [3.63, 3.8) is 0 Å². The summed E-state index contributed by atoms with van der Waals surface area (Å²) in [7, 11) is -1.37. The number of carbonyl (C=O) groups excluding carboxylic acids is 8. The number of rotatable bonds is 70. The second-order valence-corrected chi connectivity index (χ2v) is 33.0. The average molecular weight is 1740 g/mol.